The quantitative estimate of drug-likeness (QED) is 0.570. The molecule has 22 heavy (non-hydrogen) atoms. The van der Waals surface area contributed by atoms with Crippen molar-refractivity contribution >= 4 is 5.96 Å². The summed E-state index contributed by atoms with van der Waals surface area (Å²) in [4.78, 5) is 6.71. The predicted molar refractivity (Wildman–Crippen MR) is 93.6 cm³/mol. The van der Waals surface area contributed by atoms with E-state index in [1.165, 1.54) is 0 Å². The van der Waals surface area contributed by atoms with Crippen molar-refractivity contribution in [2.24, 2.45) is 4.99 Å². The monoisotopic (exact) mass is 306 g/mol. The molecular formula is C17H30N4O. The molecule has 0 fully saturated rings. The summed E-state index contributed by atoms with van der Waals surface area (Å²) in [6, 6.07) is 8.48. The molecule has 1 rings (SSSR count). The summed E-state index contributed by atoms with van der Waals surface area (Å²) < 4.78 is 5.75. The molecule has 0 spiro atoms. The maximum atomic E-state index is 5.75. The van der Waals surface area contributed by atoms with Gasteiger partial charge < -0.3 is 20.3 Å². The smallest absolute Gasteiger partial charge is 0.191 e. The lowest BCUT2D eigenvalue weighted by atomic mass is 10.2. The van der Waals surface area contributed by atoms with Crippen LogP contribution in [0.2, 0.25) is 0 Å². The second kappa shape index (κ2) is 10.1. The molecule has 0 unspecified atom stereocenters. The van der Waals surface area contributed by atoms with Crippen molar-refractivity contribution in [2.45, 2.75) is 33.4 Å². The summed E-state index contributed by atoms with van der Waals surface area (Å²) in [5.41, 5.74) is 1.14. The van der Waals surface area contributed by atoms with Gasteiger partial charge in [-0.15, -0.1) is 0 Å². The van der Waals surface area contributed by atoms with Gasteiger partial charge in [0.2, 0.25) is 0 Å². The van der Waals surface area contributed by atoms with Gasteiger partial charge in [-0.2, -0.15) is 0 Å². The second-order valence-corrected chi connectivity index (χ2v) is 5.79. The van der Waals surface area contributed by atoms with Gasteiger partial charge in [0.1, 0.15) is 12.4 Å². The van der Waals surface area contributed by atoms with E-state index < -0.39 is 0 Å². The maximum Gasteiger partial charge on any atom is 0.191 e. The lowest BCUT2D eigenvalue weighted by Crippen LogP contribution is -2.40. The van der Waals surface area contributed by atoms with Crippen LogP contribution in [0.25, 0.3) is 0 Å². The molecule has 0 bridgehead atoms. The average Bonchev–Trinajstić information content (AvgIpc) is 2.44. The van der Waals surface area contributed by atoms with E-state index in [-0.39, 0.29) is 0 Å². The Bertz CT molecular complexity index is 458. The summed E-state index contributed by atoms with van der Waals surface area (Å²) in [5, 5.41) is 6.56. The van der Waals surface area contributed by atoms with Gasteiger partial charge in [0.15, 0.2) is 5.96 Å². The van der Waals surface area contributed by atoms with Crippen molar-refractivity contribution in [1.82, 2.24) is 15.5 Å². The fraction of sp³-hybridized carbons (Fsp3) is 0.588. The average molecular weight is 306 g/mol. The molecule has 5 heteroatoms. The zero-order valence-electron chi connectivity index (χ0n) is 14.5. The van der Waals surface area contributed by atoms with Gasteiger partial charge in [0.05, 0.1) is 6.54 Å². The summed E-state index contributed by atoms with van der Waals surface area (Å²) in [7, 11) is 4.08. The van der Waals surface area contributed by atoms with Gasteiger partial charge in [-0.25, -0.2) is 4.99 Å². The van der Waals surface area contributed by atoms with Gasteiger partial charge in [-0.1, -0.05) is 12.1 Å². The lowest BCUT2D eigenvalue weighted by molar-refractivity contribution is 0.261. The van der Waals surface area contributed by atoms with E-state index in [0.717, 1.165) is 30.4 Å². The largest absolute Gasteiger partial charge is 0.492 e. The Morgan fingerprint density at radius 1 is 1.32 bits per heavy atom. The van der Waals surface area contributed by atoms with E-state index >= 15 is 0 Å². The van der Waals surface area contributed by atoms with Crippen LogP contribution >= 0.6 is 0 Å². The molecule has 0 aromatic heterocycles. The number of rotatable bonds is 8. The molecule has 0 aliphatic heterocycles. The van der Waals surface area contributed by atoms with Crippen LogP contribution in [0, 0.1) is 0 Å². The standard InChI is InChI=1S/C17H30N4O/c1-6-18-17(20-14(2)3)19-13-15-8-7-9-16(12-15)22-11-10-21(4)5/h7-9,12,14H,6,10-11,13H2,1-5H3,(H2,18,19,20). The highest BCUT2D eigenvalue weighted by atomic mass is 16.5. The number of benzene rings is 1. The fourth-order valence-electron chi connectivity index (χ4n) is 1.84. The molecule has 0 heterocycles. The maximum absolute atomic E-state index is 5.75. The molecule has 5 nitrogen and oxygen atoms in total. The van der Waals surface area contributed by atoms with E-state index in [9.17, 15) is 0 Å². The van der Waals surface area contributed by atoms with Crippen LogP contribution in [-0.4, -0.2) is 50.7 Å². The van der Waals surface area contributed by atoms with Crippen molar-refractivity contribution in [3.8, 4) is 5.75 Å². The van der Waals surface area contributed by atoms with E-state index in [1.807, 2.05) is 26.2 Å². The first kappa shape index (κ1) is 18.3. The second-order valence-electron chi connectivity index (χ2n) is 5.79. The predicted octanol–water partition coefficient (Wildman–Crippen LogP) is 2.09. The Morgan fingerprint density at radius 3 is 2.73 bits per heavy atom. The Labute approximate surface area is 134 Å². The number of nitrogens with zero attached hydrogens (tertiary/aromatic N) is 2. The minimum absolute atomic E-state index is 0.360. The Morgan fingerprint density at radius 2 is 2.09 bits per heavy atom. The zero-order chi connectivity index (χ0) is 16.4. The third kappa shape index (κ3) is 7.88. The van der Waals surface area contributed by atoms with Crippen molar-refractivity contribution < 1.29 is 4.74 Å². The van der Waals surface area contributed by atoms with Crippen LogP contribution in [0.4, 0.5) is 0 Å². The first-order valence-corrected chi connectivity index (χ1v) is 7.92. The Balaban J connectivity index is 2.60. The molecule has 0 aliphatic carbocycles. The van der Waals surface area contributed by atoms with Gasteiger partial charge in [0, 0.05) is 19.1 Å². The van der Waals surface area contributed by atoms with Crippen molar-refractivity contribution in [3.63, 3.8) is 0 Å². The molecule has 1 aromatic carbocycles. The first-order valence-electron chi connectivity index (χ1n) is 7.92. The lowest BCUT2D eigenvalue weighted by Gasteiger charge is -2.14. The number of aliphatic imine (C=N–C) groups is 1. The van der Waals surface area contributed by atoms with E-state index in [0.29, 0.717) is 19.2 Å². The summed E-state index contributed by atoms with van der Waals surface area (Å²) in [5.74, 6) is 1.74. The SMILES string of the molecule is CCNC(=NCc1cccc(OCCN(C)C)c1)NC(C)C. The third-order valence-corrected chi connectivity index (χ3v) is 2.90. The molecule has 2 N–H and O–H groups in total. The van der Waals surface area contributed by atoms with Crippen LogP contribution in [0.15, 0.2) is 29.3 Å². The van der Waals surface area contributed by atoms with Crippen LogP contribution in [0.3, 0.4) is 0 Å². The molecule has 0 aliphatic rings. The highest BCUT2D eigenvalue weighted by molar-refractivity contribution is 5.79. The highest BCUT2D eigenvalue weighted by Crippen LogP contribution is 2.14. The Kier molecular flexibility index (Phi) is 8.36. The van der Waals surface area contributed by atoms with Gasteiger partial charge >= 0.3 is 0 Å². The van der Waals surface area contributed by atoms with E-state index in [4.69, 9.17) is 4.74 Å². The summed E-state index contributed by atoms with van der Waals surface area (Å²) in [6.45, 7) is 9.36. The number of ether oxygens (including phenoxy) is 1. The van der Waals surface area contributed by atoms with Gasteiger partial charge in [0.25, 0.3) is 0 Å². The van der Waals surface area contributed by atoms with Crippen molar-refractivity contribution in [1.29, 1.82) is 0 Å². The number of hydrogen-bond acceptors (Lipinski definition) is 3. The summed E-state index contributed by atoms with van der Waals surface area (Å²) >= 11 is 0. The normalized spacial score (nSPS) is 11.9. The highest BCUT2D eigenvalue weighted by Gasteiger charge is 2.01. The topological polar surface area (TPSA) is 48.9 Å². The minimum atomic E-state index is 0.360. The molecule has 0 atom stereocenters. The van der Waals surface area contributed by atoms with Crippen molar-refractivity contribution in [3.05, 3.63) is 29.8 Å². The molecular weight excluding hydrogens is 276 g/mol. The van der Waals surface area contributed by atoms with Crippen LogP contribution < -0.4 is 15.4 Å². The van der Waals surface area contributed by atoms with Crippen molar-refractivity contribution in [2.75, 3.05) is 33.8 Å². The van der Waals surface area contributed by atoms with Crippen LogP contribution in [0.5, 0.6) is 5.75 Å². The zero-order valence-corrected chi connectivity index (χ0v) is 14.5. The summed E-state index contributed by atoms with van der Waals surface area (Å²) in [6.07, 6.45) is 0. The molecule has 0 saturated carbocycles. The van der Waals surface area contributed by atoms with Gasteiger partial charge in [-0.3, -0.25) is 0 Å². The third-order valence-electron chi connectivity index (χ3n) is 2.90. The fourth-order valence-corrected chi connectivity index (χ4v) is 1.84. The molecule has 0 radical (unpaired) electrons. The Hall–Kier alpha value is -1.75. The molecule has 1 aromatic rings. The van der Waals surface area contributed by atoms with Crippen LogP contribution in [0.1, 0.15) is 26.3 Å². The number of guanidine groups is 1. The minimum Gasteiger partial charge on any atom is -0.492 e. The van der Waals surface area contributed by atoms with Gasteiger partial charge in [-0.05, 0) is 52.6 Å². The molecule has 0 saturated heterocycles. The number of likely N-dealkylation sites (N-methyl/N-ethyl adjacent to an activating group) is 1. The number of hydrogen-bond donors (Lipinski definition) is 2. The molecule has 0 amide bonds. The van der Waals surface area contributed by atoms with E-state index in [1.54, 1.807) is 0 Å². The number of nitrogens with one attached hydrogen (secondary N) is 2. The molecule has 124 valence electrons. The first-order chi connectivity index (χ1) is 10.5. The van der Waals surface area contributed by atoms with Crippen LogP contribution in [-0.2, 0) is 6.54 Å². The van der Waals surface area contributed by atoms with E-state index in [2.05, 4.69) is 53.4 Å².